The molecule has 0 amide bonds. The number of benzene rings is 1. The monoisotopic (exact) mass is 314 g/mol. The molecule has 0 radical (unpaired) electrons. The second-order valence-corrected chi connectivity index (χ2v) is 6.39. The first-order chi connectivity index (χ1) is 9.95. The minimum absolute atomic E-state index is 0.0107. The molecule has 0 saturated heterocycles. The van der Waals surface area contributed by atoms with Crippen molar-refractivity contribution >= 4 is 25.2 Å². The van der Waals surface area contributed by atoms with Crippen LogP contribution in [0.15, 0.2) is 11.0 Å². The van der Waals surface area contributed by atoms with Gasteiger partial charge in [-0.1, -0.05) is 19.8 Å². The molecule has 0 unspecified atom stereocenters. The minimum Gasteiger partial charge on any atom is -0.423 e. The molecule has 2 rings (SSSR count). The van der Waals surface area contributed by atoms with Gasteiger partial charge >= 0.3 is 7.12 Å². The van der Waals surface area contributed by atoms with E-state index in [1.165, 1.54) is 12.5 Å². The van der Waals surface area contributed by atoms with E-state index >= 15 is 0 Å². The van der Waals surface area contributed by atoms with Crippen molar-refractivity contribution in [3.8, 4) is 0 Å². The number of thiol groups is 1. The molecular weight excluding hydrogens is 293 g/mol. The molecule has 1 aliphatic carbocycles. The molecule has 2 nitrogen and oxygen atoms in total. The summed E-state index contributed by atoms with van der Waals surface area (Å²) in [5.41, 5.74) is -0.170. The highest BCUT2D eigenvalue weighted by Gasteiger charge is 2.30. The van der Waals surface area contributed by atoms with Crippen LogP contribution in [0, 0.1) is 17.6 Å². The summed E-state index contributed by atoms with van der Waals surface area (Å²) in [6.45, 7) is 2.16. The Labute approximate surface area is 130 Å². The van der Waals surface area contributed by atoms with Gasteiger partial charge in [-0.05, 0) is 49.1 Å². The Morgan fingerprint density at radius 1 is 1.19 bits per heavy atom. The van der Waals surface area contributed by atoms with E-state index in [-0.39, 0.29) is 10.8 Å². The van der Waals surface area contributed by atoms with Crippen LogP contribution in [0.5, 0.6) is 0 Å². The lowest BCUT2D eigenvalue weighted by molar-refractivity contribution is 0.302. The van der Waals surface area contributed by atoms with Gasteiger partial charge in [-0.2, -0.15) is 0 Å². The van der Waals surface area contributed by atoms with Gasteiger partial charge in [0.15, 0.2) is 11.6 Å². The van der Waals surface area contributed by atoms with E-state index in [0.29, 0.717) is 11.5 Å². The Morgan fingerprint density at radius 2 is 1.81 bits per heavy atom. The van der Waals surface area contributed by atoms with Crippen molar-refractivity contribution in [2.45, 2.75) is 56.3 Å². The van der Waals surface area contributed by atoms with Gasteiger partial charge in [-0.3, -0.25) is 0 Å². The van der Waals surface area contributed by atoms with Crippen molar-refractivity contribution < 1.29 is 18.8 Å². The summed E-state index contributed by atoms with van der Waals surface area (Å²) >= 11 is 4.07. The predicted octanol–water partition coefficient (Wildman–Crippen LogP) is 3.01. The van der Waals surface area contributed by atoms with Crippen molar-refractivity contribution in [3.63, 3.8) is 0 Å². The van der Waals surface area contributed by atoms with Crippen LogP contribution in [0.1, 0.15) is 56.9 Å². The zero-order valence-corrected chi connectivity index (χ0v) is 13.0. The molecule has 2 N–H and O–H groups in total. The topological polar surface area (TPSA) is 40.5 Å². The first-order valence-corrected chi connectivity index (χ1v) is 7.97. The third-order valence-corrected chi connectivity index (χ3v) is 4.86. The normalized spacial score (nSPS) is 22.4. The van der Waals surface area contributed by atoms with Gasteiger partial charge in [0.2, 0.25) is 0 Å². The molecule has 0 aliphatic heterocycles. The fraction of sp³-hybridized carbons (Fsp3) is 0.600. The summed E-state index contributed by atoms with van der Waals surface area (Å²) in [5, 5.41) is 18.2. The molecule has 6 heteroatoms. The third kappa shape index (κ3) is 3.60. The highest BCUT2D eigenvalue weighted by atomic mass is 32.1. The van der Waals surface area contributed by atoms with Crippen LogP contribution in [-0.2, 0) is 0 Å². The fourth-order valence-electron chi connectivity index (χ4n) is 3.36. The third-order valence-electron chi connectivity index (χ3n) is 4.49. The SMILES string of the molecule is CCCC1CCC(c2cc(S)c(B(O)O)c(F)c2F)CC1. The molecule has 1 aliphatic rings. The zero-order chi connectivity index (χ0) is 15.6. The molecule has 0 bridgehead atoms. The number of rotatable bonds is 4. The van der Waals surface area contributed by atoms with Crippen LogP contribution < -0.4 is 5.46 Å². The highest BCUT2D eigenvalue weighted by Crippen LogP contribution is 2.39. The van der Waals surface area contributed by atoms with Gasteiger partial charge in [-0.15, -0.1) is 12.6 Å². The molecule has 0 aromatic heterocycles. The Balaban J connectivity index is 2.22. The average molecular weight is 314 g/mol. The predicted molar refractivity (Wildman–Crippen MR) is 83.0 cm³/mol. The quantitative estimate of drug-likeness (QED) is 0.591. The zero-order valence-electron chi connectivity index (χ0n) is 12.1. The molecule has 0 heterocycles. The van der Waals surface area contributed by atoms with Gasteiger partial charge in [0.1, 0.15) is 0 Å². The van der Waals surface area contributed by atoms with Crippen molar-refractivity contribution in [2.75, 3.05) is 0 Å². The molecule has 116 valence electrons. The van der Waals surface area contributed by atoms with Gasteiger partial charge in [-0.25, -0.2) is 8.78 Å². The first-order valence-electron chi connectivity index (χ1n) is 7.52. The smallest absolute Gasteiger partial charge is 0.423 e. The summed E-state index contributed by atoms with van der Waals surface area (Å²) in [6, 6.07) is 1.45. The second kappa shape index (κ2) is 7.12. The molecule has 0 spiro atoms. The van der Waals surface area contributed by atoms with Gasteiger partial charge in [0.25, 0.3) is 0 Å². The van der Waals surface area contributed by atoms with Crippen molar-refractivity contribution in [1.82, 2.24) is 0 Å². The minimum atomic E-state index is -2.05. The number of halogens is 2. The van der Waals surface area contributed by atoms with Crippen molar-refractivity contribution in [3.05, 3.63) is 23.3 Å². The summed E-state index contributed by atoms with van der Waals surface area (Å²) in [4.78, 5) is 0.0922. The van der Waals surface area contributed by atoms with Gasteiger partial charge in [0.05, 0.1) is 0 Å². The van der Waals surface area contributed by atoms with E-state index in [2.05, 4.69) is 19.6 Å². The number of hydrogen-bond acceptors (Lipinski definition) is 3. The Bertz CT molecular complexity index is 503. The standard InChI is InChI=1S/C15H21BF2O2S/c1-2-3-9-4-6-10(7-5-9)11-8-12(21)13(16(19)20)15(18)14(11)17/h8-10,19-21H,2-7H2,1H3. The van der Waals surface area contributed by atoms with Crippen molar-refractivity contribution in [2.24, 2.45) is 5.92 Å². The molecule has 1 aromatic carbocycles. The Kier molecular flexibility index (Phi) is 5.69. The van der Waals surface area contributed by atoms with E-state index in [9.17, 15) is 8.78 Å². The Morgan fingerprint density at radius 3 is 2.33 bits per heavy atom. The van der Waals surface area contributed by atoms with Gasteiger partial charge < -0.3 is 10.0 Å². The van der Waals surface area contributed by atoms with E-state index in [4.69, 9.17) is 10.0 Å². The largest absolute Gasteiger partial charge is 0.492 e. The maximum absolute atomic E-state index is 14.2. The van der Waals surface area contributed by atoms with E-state index in [0.717, 1.165) is 32.1 Å². The maximum Gasteiger partial charge on any atom is 0.492 e. The lowest BCUT2D eigenvalue weighted by Gasteiger charge is -2.29. The molecule has 0 atom stereocenters. The second-order valence-electron chi connectivity index (χ2n) is 5.91. The summed E-state index contributed by atoms with van der Waals surface area (Å²) < 4.78 is 28.2. The van der Waals surface area contributed by atoms with E-state index in [1.54, 1.807) is 0 Å². The number of hydrogen-bond donors (Lipinski definition) is 3. The van der Waals surface area contributed by atoms with Crippen LogP contribution in [0.2, 0.25) is 0 Å². The fourth-order valence-corrected chi connectivity index (χ4v) is 3.71. The van der Waals surface area contributed by atoms with Crippen LogP contribution >= 0.6 is 12.6 Å². The summed E-state index contributed by atoms with van der Waals surface area (Å²) in [5.74, 6) is -1.48. The summed E-state index contributed by atoms with van der Waals surface area (Å²) in [7, 11) is -2.05. The molecule has 1 aromatic rings. The van der Waals surface area contributed by atoms with Crippen LogP contribution in [0.25, 0.3) is 0 Å². The van der Waals surface area contributed by atoms with E-state index < -0.39 is 24.2 Å². The van der Waals surface area contributed by atoms with Crippen LogP contribution in [0.3, 0.4) is 0 Å². The maximum atomic E-state index is 14.2. The molecule has 21 heavy (non-hydrogen) atoms. The van der Waals surface area contributed by atoms with E-state index in [1.807, 2.05) is 0 Å². The lowest BCUT2D eigenvalue weighted by atomic mass is 9.74. The molecular formula is C15H21BF2O2S. The first kappa shape index (κ1) is 16.8. The molecule has 1 saturated carbocycles. The van der Waals surface area contributed by atoms with Crippen molar-refractivity contribution in [1.29, 1.82) is 0 Å². The molecule has 1 fully saturated rings. The van der Waals surface area contributed by atoms with Gasteiger partial charge in [0, 0.05) is 10.4 Å². The summed E-state index contributed by atoms with van der Waals surface area (Å²) in [6.07, 6.45) is 6.10. The average Bonchev–Trinajstić information content (AvgIpc) is 2.44. The van der Waals surface area contributed by atoms with Crippen LogP contribution in [0.4, 0.5) is 8.78 Å². The van der Waals surface area contributed by atoms with Crippen LogP contribution in [-0.4, -0.2) is 17.2 Å². The lowest BCUT2D eigenvalue weighted by Crippen LogP contribution is -2.35. The highest BCUT2D eigenvalue weighted by molar-refractivity contribution is 7.80. The Hall–Kier alpha value is -0.585.